The highest BCUT2D eigenvalue weighted by molar-refractivity contribution is 4.82. The summed E-state index contributed by atoms with van der Waals surface area (Å²) in [5.74, 6) is 1.85. The molecule has 1 heteroatoms. The van der Waals surface area contributed by atoms with Crippen LogP contribution in [0.1, 0.15) is 79.1 Å². The van der Waals surface area contributed by atoms with Gasteiger partial charge < -0.3 is 5.32 Å². The molecular weight excluding hydrogens is 206 g/mol. The third kappa shape index (κ3) is 5.42. The van der Waals surface area contributed by atoms with Gasteiger partial charge in [-0.15, -0.1) is 0 Å². The molecule has 1 aliphatic rings. The zero-order valence-electron chi connectivity index (χ0n) is 12.5. The molecule has 1 fully saturated rings. The second-order valence-electron chi connectivity index (χ2n) is 6.26. The standard InChI is InChI=1S/C16H33N/c1-5-7-9-15(8-6-2)17-16-11-10-13(3)14(4)12-16/h13-17H,5-12H2,1-4H3. The van der Waals surface area contributed by atoms with Gasteiger partial charge in [0.1, 0.15) is 0 Å². The van der Waals surface area contributed by atoms with Crippen molar-refractivity contribution in [1.82, 2.24) is 5.32 Å². The summed E-state index contributed by atoms with van der Waals surface area (Å²) < 4.78 is 0. The van der Waals surface area contributed by atoms with E-state index in [1.54, 1.807) is 0 Å². The molecule has 0 saturated heterocycles. The lowest BCUT2D eigenvalue weighted by atomic mass is 9.79. The Morgan fingerprint density at radius 2 is 1.76 bits per heavy atom. The van der Waals surface area contributed by atoms with Gasteiger partial charge in [-0.1, -0.05) is 47.0 Å². The predicted molar refractivity (Wildman–Crippen MR) is 77.3 cm³/mol. The van der Waals surface area contributed by atoms with Crippen LogP contribution in [0.3, 0.4) is 0 Å². The zero-order valence-corrected chi connectivity index (χ0v) is 12.5. The van der Waals surface area contributed by atoms with Crippen molar-refractivity contribution >= 4 is 0 Å². The molecule has 0 aromatic rings. The van der Waals surface area contributed by atoms with E-state index in [0.717, 1.165) is 23.9 Å². The van der Waals surface area contributed by atoms with Gasteiger partial charge in [0, 0.05) is 12.1 Å². The zero-order chi connectivity index (χ0) is 12.7. The topological polar surface area (TPSA) is 12.0 Å². The van der Waals surface area contributed by atoms with Gasteiger partial charge in [0.15, 0.2) is 0 Å². The largest absolute Gasteiger partial charge is 0.311 e. The molecule has 1 nitrogen and oxygen atoms in total. The summed E-state index contributed by atoms with van der Waals surface area (Å²) in [5.41, 5.74) is 0. The van der Waals surface area contributed by atoms with Crippen LogP contribution in [0.4, 0.5) is 0 Å². The molecule has 0 aliphatic heterocycles. The SMILES string of the molecule is CCCCC(CCC)NC1CCC(C)C(C)C1. The van der Waals surface area contributed by atoms with Crippen molar-refractivity contribution in [3.05, 3.63) is 0 Å². The molecule has 0 spiro atoms. The minimum atomic E-state index is 0.783. The van der Waals surface area contributed by atoms with Crippen LogP contribution in [0.2, 0.25) is 0 Å². The summed E-state index contributed by atoms with van der Waals surface area (Å²) in [5, 5.41) is 3.94. The van der Waals surface area contributed by atoms with Gasteiger partial charge in [-0.3, -0.25) is 0 Å². The molecule has 1 N–H and O–H groups in total. The first-order valence-corrected chi connectivity index (χ1v) is 7.93. The van der Waals surface area contributed by atoms with Crippen molar-refractivity contribution < 1.29 is 0 Å². The Morgan fingerprint density at radius 1 is 1.00 bits per heavy atom. The molecule has 0 aromatic heterocycles. The van der Waals surface area contributed by atoms with Crippen LogP contribution in [-0.2, 0) is 0 Å². The molecule has 0 radical (unpaired) electrons. The summed E-state index contributed by atoms with van der Waals surface area (Å²) in [7, 11) is 0. The lowest BCUT2D eigenvalue weighted by Gasteiger charge is -2.35. The average molecular weight is 239 g/mol. The lowest BCUT2D eigenvalue weighted by Crippen LogP contribution is -2.42. The first-order valence-electron chi connectivity index (χ1n) is 7.93. The fourth-order valence-corrected chi connectivity index (χ4v) is 3.14. The molecule has 17 heavy (non-hydrogen) atoms. The molecule has 0 bridgehead atoms. The maximum absolute atomic E-state index is 3.94. The minimum Gasteiger partial charge on any atom is -0.311 e. The molecular formula is C16H33N. The smallest absolute Gasteiger partial charge is 0.00723 e. The molecule has 4 atom stereocenters. The summed E-state index contributed by atoms with van der Waals surface area (Å²) in [4.78, 5) is 0. The number of nitrogens with one attached hydrogen (secondary N) is 1. The van der Waals surface area contributed by atoms with E-state index in [-0.39, 0.29) is 0 Å². The summed E-state index contributed by atoms with van der Waals surface area (Å²) >= 11 is 0. The molecule has 0 amide bonds. The highest BCUT2D eigenvalue weighted by atomic mass is 14.9. The van der Waals surface area contributed by atoms with Crippen LogP contribution in [0.25, 0.3) is 0 Å². The fourth-order valence-electron chi connectivity index (χ4n) is 3.14. The number of hydrogen-bond donors (Lipinski definition) is 1. The third-order valence-electron chi connectivity index (χ3n) is 4.61. The maximum Gasteiger partial charge on any atom is 0.00723 e. The van der Waals surface area contributed by atoms with E-state index < -0.39 is 0 Å². The monoisotopic (exact) mass is 239 g/mol. The van der Waals surface area contributed by atoms with Gasteiger partial charge in [0.25, 0.3) is 0 Å². The molecule has 1 aliphatic carbocycles. The Kier molecular flexibility index (Phi) is 7.18. The van der Waals surface area contributed by atoms with E-state index in [9.17, 15) is 0 Å². The normalized spacial score (nSPS) is 31.4. The Bertz CT molecular complexity index is 188. The van der Waals surface area contributed by atoms with E-state index in [0.29, 0.717) is 0 Å². The van der Waals surface area contributed by atoms with Crippen molar-refractivity contribution in [3.63, 3.8) is 0 Å². The third-order valence-corrected chi connectivity index (χ3v) is 4.61. The van der Waals surface area contributed by atoms with Crippen LogP contribution in [0, 0.1) is 11.8 Å². The van der Waals surface area contributed by atoms with Gasteiger partial charge in [-0.05, 0) is 43.9 Å². The Hall–Kier alpha value is -0.0400. The van der Waals surface area contributed by atoms with Crippen molar-refractivity contribution in [2.45, 2.75) is 91.1 Å². The van der Waals surface area contributed by atoms with Crippen molar-refractivity contribution in [2.24, 2.45) is 11.8 Å². The molecule has 0 heterocycles. The average Bonchev–Trinajstić information content (AvgIpc) is 2.31. The van der Waals surface area contributed by atoms with E-state index >= 15 is 0 Å². The molecule has 0 aromatic carbocycles. The van der Waals surface area contributed by atoms with E-state index in [1.165, 1.54) is 51.4 Å². The molecule has 4 unspecified atom stereocenters. The van der Waals surface area contributed by atoms with E-state index in [4.69, 9.17) is 0 Å². The Balaban J connectivity index is 2.33. The van der Waals surface area contributed by atoms with Gasteiger partial charge in [-0.25, -0.2) is 0 Å². The van der Waals surface area contributed by atoms with E-state index in [1.807, 2.05) is 0 Å². The summed E-state index contributed by atoms with van der Waals surface area (Å²) in [6.07, 6.45) is 11.0. The fraction of sp³-hybridized carbons (Fsp3) is 1.00. The molecule has 102 valence electrons. The summed E-state index contributed by atoms with van der Waals surface area (Å²) in [6.45, 7) is 9.46. The second-order valence-corrected chi connectivity index (χ2v) is 6.26. The van der Waals surface area contributed by atoms with Crippen LogP contribution in [-0.4, -0.2) is 12.1 Å². The van der Waals surface area contributed by atoms with Gasteiger partial charge >= 0.3 is 0 Å². The lowest BCUT2D eigenvalue weighted by molar-refractivity contribution is 0.209. The highest BCUT2D eigenvalue weighted by Crippen LogP contribution is 2.29. The van der Waals surface area contributed by atoms with E-state index in [2.05, 4.69) is 33.0 Å². The molecule has 1 rings (SSSR count). The highest BCUT2D eigenvalue weighted by Gasteiger charge is 2.25. The first kappa shape index (κ1) is 15.0. The Labute approximate surface area is 109 Å². The molecule has 1 saturated carbocycles. The quantitative estimate of drug-likeness (QED) is 0.675. The van der Waals surface area contributed by atoms with Crippen LogP contribution < -0.4 is 5.32 Å². The van der Waals surface area contributed by atoms with Crippen LogP contribution >= 0.6 is 0 Å². The number of rotatable bonds is 7. The first-order chi connectivity index (χ1) is 8.17. The minimum absolute atomic E-state index is 0.783. The predicted octanol–water partition coefficient (Wildman–Crippen LogP) is 4.76. The van der Waals surface area contributed by atoms with Crippen molar-refractivity contribution in [1.29, 1.82) is 0 Å². The van der Waals surface area contributed by atoms with Gasteiger partial charge in [0.05, 0.1) is 0 Å². The van der Waals surface area contributed by atoms with Crippen LogP contribution in [0.15, 0.2) is 0 Å². The summed E-state index contributed by atoms with van der Waals surface area (Å²) in [6, 6.07) is 1.58. The number of hydrogen-bond acceptors (Lipinski definition) is 1. The van der Waals surface area contributed by atoms with Crippen molar-refractivity contribution in [3.8, 4) is 0 Å². The van der Waals surface area contributed by atoms with Gasteiger partial charge in [-0.2, -0.15) is 0 Å². The number of unbranched alkanes of at least 4 members (excludes halogenated alkanes) is 1. The second kappa shape index (κ2) is 8.13. The maximum atomic E-state index is 3.94. The van der Waals surface area contributed by atoms with Crippen molar-refractivity contribution in [2.75, 3.05) is 0 Å². The van der Waals surface area contributed by atoms with Gasteiger partial charge in [0.2, 0.25) is 0 Å². The Morgan fingerprint density at radius 3 is 2.35 bits per heavy atom. The van der Waals surface area contributed by atoms with Crippen LogP contribution in [0.5, 0.6) is 0 Å².